The van der Waals surface area contributed by atoms with E-state index in [1.807, 2.05) is 54.8 Å². The maximum atomic E-state index is 12.3. The first kappa shape index (κ1) is 21.1. The predicted molar refractivity (Wildman–Crippen MR) is 107 cm³/mol. The van der Waals surface area contributed by atoms with Crippen LogP contribution in [0.3, 0.4) is 0 Å². The van der Waals surface area contributed by atoms with Crippen molar-refractivity contribution in [2.45, 2.75) is 52.5 Å². The summed E-state index contributed by atoms with van der Waals surface area (Å²) in [5.41, 5.74) is 1.20. The highest BCUT2D eigenvalue weighted by Crippen LogP contribution is 2.14. The number of nitrogens with one attached hydrogen (secondary N) is 1. The van der Waals surface area contributed by atoms with Gasteiger partial charge in [0.05, 0.1) is 6.61 Å². The number of likely N-dealkylation sites (tertiary alicyclic amines) is 1. The number of carbonyl (C=O) groups excluding carboxylic acids is 2. The van der Waals surface area contributed by atoms with Crippen LogP contribution in [-0.4, -0.2) is 60.6 Å². The van der Waals surface area contributed by atoms with Crippen molar-refractivity contribution in [3.63, 3.8) is 0 Å². The normalized spacial score (nSPS) is 14.7. The van der Waals surface area contributed by atoms with Crippen molar-refractivity contribution in [3.05, 3.63) is 29.8 Å². The molecular formula is C21H33N3O3. The molecule has 150 valence electrons. The minimum absolute atomic E-state index is 0.0658. The van der Waals surface area contributed by atoms with Gasteiger partial charge in [0.1, 0.15) is 5.75 Å². The lowest BCUT2D eigenvalue weighted by Crippen LogP contribution is -2.50. The molecule has 3 amide bonds. The summed E-state index contributed by atoms with van der Waals surface area (Å²) < 4.78 is 5.66. The number of amides is 3. The van der Waals surface area contributed by atoms with Gasteiger partial charge < -0.3 is 19.9 Å². The summed E-state index contributed by atoms with van der Waals surface area (Å²) in [4.78, 5) is 28.2. The maximum absolute atomic E-state index is 12.3. The highest BCUT2D eigenvalue weighted by Gasteiger charge is 2.25. The molecule has 1 saturated heterocycles. The molecule has 0 atom stereocenters. The van der Waals surface area contributed by atoms with E-state index in [-0.39, 0.29) is 18.0 Å². The Balaban J connectivity index is 1.61. The van der Waals surface area contributed by atoms with Crippen LogP contribution in [0.15, 0.2) is 24.3 Å². The molecule has 2 rings (SSSR count). The minimum atomic E-state index is 0.0658. The van der Waals surface area contributed by atoms with Crippen LogP contribution in [-0.2, 0) is 4.79 Å². The third-order valence-corrected chi connectivity index (χ3v) is 5.00. The minimum Gasteiger partial charge on any atom is -0.494 e. The van der Waals surface area contributed by atoms with Gasteiger partial charge in [0, 0.05) is 38.6 Å². The van der Waals surface area contributed by atoms with Crippen molar-refractivity contribution in [1.82, 2.24) is 15.1 Å². The van der Waals surface area contributed by atoms with Crippen LogP contribution >= 0.6 is 0 Å². The monoisotopic (exact) mass is 375 g/mol. The summed E-state index contributed by atoms with van der Waals surface area (Å²) in [6.07, 6.45) is 2.79. The van der Waals surface area contributed by atoms with E-state index in [1.54, 1.807) is 0 Å². The molecule has 1 N–H and O–H groups in total. The quantitative estimate of drug-likeness (QED) is 0.710. The molecule has 0 aliphatic carbocycles. The third-order valence-electron chi connectivity index (χ3n) is 5.00. The fraction of sp³-hybridized carbons (Fsp3) is 0.619. The van der Waals surface area contributed by atoms with Gasteiger partial charge in [-0.1, -0.05) is 17.7 Å². The van der Waals surface area contributed by atoms with Crippen LogP contribution in [0, 0.1) is 6.92 Å². The Morgan fingerprint density at radius 1 is 1.15 bits per heavy atom. The number of nitrogens with zero attached hydrogens (tertiary/aromatic N) is 2. The van der Waals surface area contributed by atoms with Crippen molar-refractivity contribution in [2.24, 2.45) is 0 Å². The first-order valence-electron chi connectivity index (χ1n) is 10.1. The van der Waals surface area contributed by atoms with Gasteiger partial charge in [-0.2, -0.15) is 0 Å². The molecule has 0 unspecified atom stereocenters. The SMILES string of the molecule is CCN(CC)C(=O)N1CCC(NC(=O)CCCOc2ccc(C)cc2)CC1. The van der Waals surface area contributed by atoms with E-state index in [4.69, 9.17) is 4.74 Å². The lowest BCUT2D eigenvalue weighted by molar-refractivity contribution is -0.122. The van der Waals surface area contributed by atoms with Crippen molar-refractivity contribution in [2.75, 3.05) is 32.8 Å². The molecule has 1 aliphatic heterocycles. The van der Waals surface area contributed by atoms with E-state index < -0.39 is 0 Å². The number of ether oxygens (including phenoxy) is 1. The molecule has 0 radical (unpaired) electrons. The fourth-order valence-corrected chi connectivity index (χ4v) is 3.27. The first-order chi connectivity index (χ1) is 13.0. The van der Waals surface area contributed by atoms with E-state index in [2.05, 4.69) is 5.32 Å². The topological polar surface area (TPSA) is 61.9 Å². The smallest absolute Gasteiger partial charge is 0.319 e. The van der Waals surface area contributed by atoms with Crippen molar-refractivity contribution < 1.29 is 14.3 Å². The fourth-order valence-electron chi connectivity index (χ4n) is 3.27. The lowest BCUT2D eigenvalue weighted by Gasteiger charge is -2.35. The largest absolute Gasteiger partial charge is 0.494 e. The number of urea groups is 1. The summed E-state index contributed by atoms with van der Waals surface area (Å²) in [6, 6.07) is 8.19. The zero-order valence-electron chi connectivity index (χ0n) is 16.9. The number of aryl methyl sites for hydroxylation is 1. The Kier molecular flexibility index (Phi) is 8.43. The van der Waals surface area contributed by atoms with Crippen LogP contribution in [0.2, 0.25) is 0 Å². The van der Waals surface area contributed by atoms with E-state index >= 15 is 0 Å². The van der Waals surface area contributed by atoms with Crippen molar-refractivity contribution in [1.29, 1.82) is 0 Å². The van der Waals surface area contributed by atoms with Gasteiger partial charge in [-0.15, -0.1) is 0 Å². The lowest BCUT2D eigenvalue weighted by atomic mass is 10.0. The Labute approximate surface area is 162 Å². The van der Waals surface area contributed by atoms with Gasteiger partial charge in [0.15, 0.2) is 0 Å². The average Bonchev–Trinajstić information content (AvgIpc) is 2.68. The molecule has 1 aliphatic rings. The van der Waals surface area contributed by atoms with Gasteiger partial charge in [-0.3, -0.25) is 4.79 Å². The number of hydrogen-bond acceptors (Lipinski definition) is 3. The molecule has 1 fully saturated rings. The van der Waals surface area contributed by atoms with E-state index in [0.717, 1.165) is 31.7 Å². The summed E-state index contributed by atoms with van der Waals surface area (Å²) in [5, 5.41) is 3.10. The van der Waals surface area contributed by atoms with Crippen molar-refractivity contribution >= 4 is 11.9 Å². The van der Waals surface area contributed by atoms with E-state index in [1.165, 1.54) is 5.56 Å². The molecule has 6 heteroatoms. The summed E-state index contributed by atoms with van der Waals surface area (Å²) in [7, 11) is 0. The second-order valence-corrected chi connectivity index (χ2v) is 7.05. The van der Waals surface area contributed by atoms with Crippen LogP contribution in [0.4, 0.5) is 4.79 Å². The number of carbonyl (C=O) groups is 2. The van der Waals surface area contributed by atoms with Gasteiger partial charge in [0.2, 0.25) is 5.91 Å². The Morgan fingerprint density at radius 3 is 2.37 bits per heavy atom. The van der Waals surface area contributed by atoms with Gasteiger partial charge in [-0.05, 0) is 52.2 Å². The molecule has 1 heterocycles. The molecule has 1 aromatic carbocycles. The molecule has 0 aromatic heterocycles. The average molecular weight is 376 g/mol. The van der Waals surface area contributed by atoms with Gasteiger partial charge in [0.25, 0.3) is 0 Å². The summed E-state index contributed by atoms with van der Waals surface area (Å²) >= 11 is 0. The number of benzene rings is 1. The Hall–Kier alpha value is -2.24. The highest BCUT2D eigenvalue weighted by atomic mass is 16.5. The Morgan fingerprint density at radius 2 is 1.78 bits per heavy atom. The molecule has 0 spiro atoms. The van der Waals surface area contributed by atoms with E-state index in [0.29, 0.717) is 32.5 Å². The van der Waals surface area contributed by atoms with Crippen LogP contribution in [0.25, 0.3) is 0 Å². The zero-order valence-corrected chi connectivity index (χ0v) is 16.9. The van der Waals surface area contributed by atoms with Crippen LogP contribution in [0.5, 0.6) is 5.75 Å². The third kappa shape index (κ3) is 6.77. The van der Waals surface area contributed by atoms with Crippen LogP contribution < -0.4 is 10.1 Å². The predicted octanol–water partition coefficient (Wildman–Crippen LogP) is 3.20. The first-order valence-corrected chi connectivity index (χ1v) is 10.1. The van der Waals surface area contributed by atoms with Crippen LogP contribution in [0.1, 0.15) is 45.1 Å². The van der Waals surface area contributed by atoms with E-state index in [9.17, 15) is 9.59 Å². The molecule has 0 saturated carbocycles. The Bertz CT molecular complexity index is 591. The zero-order chi connectivity index (χ0) is 19.6. The number of hydrogen-bond donors (Lipinski definition) is 1. The summed E-state index contributed by atoms with van der Waals surface area (Å²) in [5.74, 6) is 0.905. The number of piperidine rings is 1. The maximum Gasteiger partial charge on any atom is 0.319 e. The van der Waals surface area contributed by atoms with Gasteiger partial charge in [-0.25, -0.2) is 4.79 Å². The van der Waals surface area contributed by atoms with Crippen molar-refractivity contribution in [3.8, 4) is 5.75 Å². The molecular weight excluding hydrogens is 342 g/mol. The second-order valence-electron chi connectivity index (χ2n) is 7.05. The highest BCUT2D eigenvalue weighted by molar-refractivity contribution is 5.76. The molecule has 1 aromatic rings. The molecule has 6 nitrogen and oxygen atoms in total. The number of rotatable bonds is 8. The second kappa shape index (κ2) is 10.8. The van der Waals surface area contributed by atoms with Gasteiger partial charge >= 0.3 is 6.03 Å². The molecule has 27 heavy (non-hydrogen) atoms. The standard InChI is InChI=1S/C21H33N3O3/c1-4-23(5-2)21(26)24-14-12-18(13-15-24)22-20(25)7-6-16-27-19-10-8-17(3)9-11-19/h8-11,18H,4-7,12-16H2,1-3H3,(H,22,25). The molecule has 0 bridgehead atoms. The summed E-state index contributed by atoms with van der Waals surface area (Å²) in [6.45, 7) is 9.44.